The maximum atomic E-state index is 12.8. The molecule has 0 aliphatic heterocycles. The summed E-state index contributed by atoms with van der Waals surface area (Å²) in [6.07, 6.45) is 1.89. The van der Waals surface area contributed by atoms with Gasteiger partial charge in [0.15, 0.2) is 0 Å². The van der Waals surface area contributed by atoms with E-state index in [-0.39, 0.29) is 18.6 Å². The molecule has 23 heavy (non-hydrogen) atoms. The van der Waals surface area contributed by atoms with Crippen molar-refractivity contribution >= 4 is 5.91 Å². The molecule has 118 valence electrons. The van der Waals surface area contributed by atoms with E-state index in [0.29, 0.717) is 24.2 Å². The van der Waals surface area contributed by atoms with Crippen molar-refractivity contribution in [3.8, 4) is 6.07 Å². The van der Waals surface area contributed by atoms with Crippen molar-refractivity contribution in [2.45, 2.75) is 25.9 Å². The van der Waals surface area contributed by atoms with Gasteiger partial charge in [-0.2, -0.15) is 5.26 Å². The number of carbonyl (C=O) groups is 1. The van der Waals surface area contributed by atoms with Crippen LogP contribution in [0.5, 0.6) is 0 Å². The SMILES string of the molecule is C[C@@H](CCO)N(Cc1ccccc1)C(=O)c1ccc(C#N)cn1. The van der Waals surface area contributed by atoms with E-state index in [1.54, 1.807) is 17.0 Å². The molecular weight excluding hydrogens is 290 g/mol. The van der Waals surface area contributed by atoms with Gasteiger partial charge in [-0.3, -0.25) is 4.79 Å². The normalized spacial score (nSPS) is 11.5. The average Bonchev–Trinajstić information content (AvgIpc) is 2.60. The van der Waals surface area contributed by atoms with Gasteiger partial charge in [0.2, 0.25) is 0 Å². The van der Waals surface area contributed by atoms with Crippen molar-refractivity contribution in [1.82, 2.24) is 9.88 Å². The zero-order valence-electron chi connectivity index (χ0n) is 13.0. The van der Waals surface area contributed by atoms with Gasteiger partial charge in [-0.15, -0.1) is 0 Å². The Labute approximate surface area is 135 Å². The molecule has 0 spiro atoms. The van der Waals surface area contributed by atoms with E-state index in [2.05, 4.69) is 4.98 Å². The molecule has 1 heterocycles. The Morgan fingerprint density at radius 2 is 2.04 bits per heavy atom. The number of hydrogen-bond donors (Lipinski definition) is 1. The van der Waals surface area contributed by atoms with Gasteiger partial charge in [-0.25, -0.2) is 4.98 Å². The molecule has 1 amide bonds. The lowest BCUT2D eigenvalue weighted by Crippen LogP contribution is -2.39. The first-order valence-corrected chi connectivity index (χ1v) is 7.47. The lowest BCUT2D eigenvalue weighted by molar-refractivity contribution is 0.0642. The van der Waals surface area contributed by atoms with Crippen LogP contribution in [0.4, 0.5) is 0 Å². The molecule has 0 unspecified atom stereocenters. The van der Waals surface area contributed by atoms with Crippen LogP contribution >= 0.6 is 0 Å². The minimum Gasteiger partial charge on any atom is -0.396 e. The standard InChI is InChI=1S/C18H19N3O2/c1-14(9-10-22)21(13-15-5-3-2-4-6-15)18(23)17-8-7-16(11-19)12-20-17/h2-8,12,14,22H,9-10,13H2,1H3/t14-/m0/s1. The number of aliphatic hydroxyl groups excluding tert-OH is 1. The Morgan fingerprint density at radius 3 is 2.61 bits per heavy atom. The first-order valence-electron chi connectivity index (χ1n) is 7.47. The fraction of sp³-hybridized carbons (Fsp3) is 0.278. The molecule has 1 N–H and O–H groups in total. The highest BCUT2D eigenvalue weighted by molar-refractivity contribution is 5.92. The minimum atomic E-state index is -0.209. The number of pyridine rings is 1. The number of amides is 1. The summed E-state index contributed by atoms with van der Waals surface area (Å²) in [6, 6.07) is 14.7. The van der Waals surface area contributed by atoms with Crippen LogP contribution in [0.2, 0.25) is 0 Å². The summed E-state index contributed by atoms with van der Waals surface area (Å²) in [4.78, 5) is 18.5. The largest absolute Gasteiger partial charge is 0.396 e. The molecule has 2 aromatic rings. The Bertz CT molecular complexity index is 678. The minimum absolute atomic E-state index is 0.0144. The van der Waals surface area contributed by atoms with Gasteiger partial charge in [0.25, 0.3) is 5.91 Å². The predicted octanol–water partition coefficient (Wildman–Crippen LogP) is 2.37. The van der Waals surface area contributed by atoms with Crippen molar-refractivity contribution < 1.29 is 9.90 Å². The number of aromatic nitrogens is 1. The Kier molecular flexibility index (Phi) is 5.84. The van der Waals surface area contributed by atoms with Crippen LogP contribution < -0.4 is 0 Å². The maximum Gasteiger partial charge on any atom is 0.272 e. The molecule has 2 rings (SSSR count). The summed E-state index contributed by atoms with van der Waals surface area (Å²) in [5.41, 5.74) is 1.73. The summed E-state index contributed by atoms with van der Waals surface area (Å²) in [6.45, 7) is 2.36. The van der Waals surface area contributed by atoms with Crippen molar-refractivity contribution in [3.63, 3.8) is 0 Å². The molecule has 0 fully saturated rings. The van der Waals surface area contributed by atoms with Crippen LogP contribution in [0, 0.1) is 11.3 Å². The third kappa shape index (κ3) is 4.38. The van der Waals surface area contributed by atoms with Gasteiger partial charge < -0.3 is 10.0 Å². The summed E-state index contributed by atoms with van der Waals surface area (Å²) in [7, 11) is 0. The highest BCUT2D eigenvalue weighted by atomic mass is 16.3. The molecule has 1 aromatic carbocycles. The molecule has 1 aromatic heterocycles. The molecule has 0 saturated heterocycles. The number of rotatable bonds is 6. The molecule has 5 heteroatoms. The second-order valence-corrected chi connectivity index (χ2v) is 5.32. The van der Waals surface area contributed by atoms with Crippen LogP contribution in [0.25, 0.3) is 0 Å². The van der Waals surface area contributed by atoms with E-state index >= 15 is 0 Å². The summed E-state index contributed by atoms with van der Waals surface area (Å²) in [5.74, 6) is -0.209. The van der Waals surface area contributed by atoms with Gasteiger partial charge in [0.1, 0.15) is 11.8 Å². The number of hydrogen-bond acceptors (Lipinski definition) is 4. The highest BCUT2D eigenvalue weighted by Gasteiger charge is 2.22. The van der Waals surface area contributed by atoms with Crippen LogP contribution in [0.15, 0.2) is 48.7 Å². The Balaban J connectivity index is 2.24. The number of nitriles is 1. The smallest absolute Gasteiger partial charge is 0.272 e. The monoisotopic (exact) mass is 309 g/mol. The Morgan fingerprint density at radius 1 is 1.30 bits per heavy atom. The second-order valence-electron chi connectivity index (χ2n) is 5.32. The first-order chi connectivity index (χ1) is 11.2. The molecule has 0 saturated carbocycles. The third-order valence-corrected chi connectivity index (χ3v) is 3.65. The fourth-order valence-electron chi connectivity index (χ4n) is 2.28. The molecule has 0 aliphatic carbocycles. The first kappa shape index (κ1) is 16.7. The molecule has 0 aliphatic rings. The third-order valence-electron chi connectivity index (χ3n) is 3.65. The second kappa shape index (κ2) is 8.06. The molecule has 1 atom stereocenters. The lowest BCUT2D eigenvalue weighted by atomic mass is 10.1. The van der Waals surface area contributed by atoms with Crippen molar-refractivity contribution in [3.05, 3.63) is 65.5 Å². The molecule has 5 nitrogen and oxygen atoms in total. The van der Waals surface area contributed by atoms with Crippen LogP contribution in [0.3, 0.4) is 0 Å². The van der Waals surface area contributed by atoms with Crippen molar-refractivity contribution in [1.29, 1.82) is 5.26 Å². The van der Waals surface area contributed by atoms with E-state index in [9.17, 15) is 9.90 Å². The maximum absolute atomic E-state index is 12.8. The predicted molar refractivity (Wildman–Crippen MR) is 86.4 cm³/mol. The average molecular weight is 309 g/mol. The number of aliphatic hydroxyl groups is 1. The summed E-state index contributed by atoms with van der Waals surface area (Å²) >= 11 is 0. The van der Waals surface area contributed by atoms with Crippen LogP contribution in [-0.4, -0.2) is 33.5 Å². The van der Waals surface area contributed by atoms with Crippen LogP contribution in [0.1, 0.15) is 35.0 Å². The highest BCUT2D eigenvalue weighted by Crippen LogP contribution is 2.14. The van der Waals surface area contributed by atoms with Crippen molar-refractivity contribution in [2.24, 2.45) is 0 Å². The summed E-state index contributed by atoms with van der Waals surface area (Å²) < 4.78 is 0. The topological polar surface area (TPSA) is 77.2 Å². The van der Waals surface area contributed by atoms with Gasteiger partial charge in [-0.1, -0.05) is 30.3 Å². The number of carbonyl (C=O) groups excluding carboxylic acids is 1. The van der Waals surface area contributed by atoms with E-state index in [1.807, 2.05) is 43.3 Å². The number of nitrogens with zero attached hydrogens (tertiary/aromatic N) is 3. The Hall–Kier alpha value is -2.71. The summed E-state index contributed by atoms with van der Waals surface area (Å²) in [5, 5.41) is 18.0. The molecular formula is C18H19N3O2. The van der Waals surface area contributed by atoms with Crippen molar-refractivity contribution in [2.75, 3.05) is 6.61 Å². The van der Waals surface area contributed by atoms with Crippen LogP contribution in [-0.2, 0) is 6.54 Å². The van der Waals surface area contributed by atoms with E-state index < -0.39 is 0 Å². The van der Waals surface area contributed by atoms with Gasteiger partial charge in [-0.05, 0) is 31.0 Å². The van der Waals surface area contributed by atoms with Gasteiger partial charge in [0.05, 0.1) is 5.56 Å². The van der Waals surface area contributed by atoms with Gasteiger partial charge in [0, 0.05) is 25.4 Å². The van der Waals surface area contributed by atoms with E-state index in [0.717, 1.165) is 5.56 Å². The molecule has 0 radical (unpaired) electrons. The van der Waals surface area contributed by atoms with Gasteiger partial charge >= 0.3 is 0 Å². The van der Waals surface area contributed by atoms with E-state index in [4.69, 9.17) is 5.26 Å². The zero-order chi connectivity index (χ0) is 16.7. The van der Waals surface area contributed by atoms with E-state index in [1.165, 1.54) is 6.20 Å². The lowest BCUT2D eigenvalue weighted by Gasteiger charge is -2.29. The zero-order valence-corrected chi connectivity index (χ0v) is 13.0. The molecule has 0 bridgehead atoms. The number of benzene rings is 1. The quantitative estimate of drug-likeness (QED) is 0.888. The fourth-order valence-corrected chi connectivity index (χ4v) is 2.28.